The Kier molecular flexibility index (Phi) is 4.03. The minimum atomic E-state index is -0.686. The Morgan fingerprint density at radius 2 is 1.92 bits per heavy atom. The summed E-state index contributed by atoms with van der Waals surface area (Å²) in [5.74, 6) is -0.620. The molecule has 0 bridgehead atoms. The number of esters is 1. The molecule has 0 heterocycles. The summed E-state index contributed by atoms with van der Waals surface area (Å²) in [5.41, 5.74) is -0.714. The Hall–Kier alpha value is -2.22. The van der Waals surface area contributed by atoms with Crippen LogP contribution in [0.25, 0.3) is 0 Å². The number of carbonyl (C=O) groups excluding carboxylic acids is 3. The second-order valence-corrected chi connectivity index (χ2v) is 8.84. The van der Waals surface area contributed by atoms with E-state index in [1.54, 1.807) is 12.2 Å². The van der Waals surface area contributed by atoms with E-state index in [1.165, 1.54) is 6.92 Å². The van der Waals surface area contributed by atoms with Gasteiger partial charge in [0.2, 0.25) is 0 Å². The lowest BCUT2D eigenvalue weighted by Crippen LogP contribution is -2.57. The van der Waals surface area contributed by atoms with Crippen LogP contribution in [0.15, 0.2) is 23.3 Å². The van der Waals surface area contributed by atoms with Crippen molar-refractivity contribution < 1.29 is 19.1 Å². The van der Waals surface area contributed by atoms with Crippen LogP contribution in [0.5, 0.6) is 0 Å². The van der Waals surface area contributed by atoms with E-state index in [-0.39, 0.29) is 29.5 Å². The smallest absolute Gasteiger partial charge is 0.302 e. The Labute approximate surface area is 154 Å². The third kappa shape index (κ3) is 2.39. The second kappa shape index (κ2) is 5.64. The van der Waals surface area contributed by atoms with E-state index in [4.69, 9.17) is 4.74 Å². The molecule has 2 unspecified atom stereocenters. The standard InChI is InChI=1S/C21H25NO4/c1-12(23)26-17-9-14(24)8-16-20(17,4)7-6-15-19(2,3)18(25)13(11-22)10-21(15,16)5/h8,10,15,17H,6-7,9H2,1-5H3/t15-,17+,20?,21?/m0/s1. The highest BCUT2D eigenvalue weighted by molar-refractivity contribution is 6.04. The highest BCUT2D eigenvalue weighted by Gasteiger charge is 2.61. The van der Waals surface area contributed by atoms with Crippen molar-refractivity contribution in [3.63, 3.8) is 0 Å². The molecule has 0 aliphatic heterocycles. The van der Waals surface area contributed by atoms with Crippen molar-refractivity contribution in [3.8, 4) is 6.07 Å². The van der Waals surface area contributed by atoms with Crippen LogP contribution in [0.2, 0.25) is 0 Å². The molecule has 1 saturated carbocycles. The molecule has 3 aliphatic carbocycles. The van der Waals surface area contributed by atoms with Crippen LogP contribution < -0.4 is 0 Å². The quantitative estimate of drug-likeness (QED) is 0.674. The topological polar surface area (TPSA) is 84.2 Å². The zero-order valence-corrected chi connectivity index (χ0v) is 16.0. The number of hydrogen-bond acceptors (Lipinski definition) is 5. The van der Waals surface area contributed by atoms with Gasteiger partial charge in [0.25, 0.3) is 0 Å². The third-order valence-corrected chi connectivity index (χ3v) is 6.85. The number of nitrogens with zero attached hydrogens (tertiary/aromatic N) is 1. The van der Waals surface area contributed by atoms with Crippen LogP contribution in [-0.2, 0) is 19.1 Å². The molecule has 0 amide bonds. The molecule has 0 aromatic heterocycles. The van der Waals surface area contributed by atoms with E-state index in [1.807, 2.05) is 33.8 Å². The minimum Gasteiger partial charge on any atom is -0.461 e. The molecule has 1 fully saturated rings. The summed E-state index contributed by atoms with van der Waals surface area (Å²) in [7, 11) is 0. The number of Topliss-reactive ketones (excluding diaryl/α,β-unsaturated/α-hetero) is 1. The largest absolute Gasteiger partial charge is 0.461 e. The van der Waals surface area contributed by atoms with Gasteiger partial charge in [-0.05, 0) is 30.4 Å². The predicted octanol–water partition coefficient (Wildman–Crippen LogP) is 3.30. The van der Waals surface area contributed by atoms with Crippen molar-refractivity contribution in [1.82, 2.24) is 0 Å². The van der Waals surface area contributed by atoms with Crippen molar-refractivity contribution >= 4 is 17.5 Å². The van der Waals surface area contributed by atoms with Gasteiger partial charge in [-0.1, -0.05) is 33.8 Å². The molecule has 5 nitrogen and oxygen atoms in total. The lowest BCUT2D eigenvalue weighted by Gasteiger charge is -2.59. The number of ketones is 2. The molecule has 5 heteroatoms. The van der Waals surface area contributed by atoms with Crippen LogP contribution >= 0.6 is 0 Å². The van der Waals surface area contributed by atoms with Gasteiger partial charge in [-0.2, -0.15) is 5.26 Å². The first-order valence-corrected chi connectivity index (χ1v) is 9.07. The van der Waals surface area contributed by atoms with Crippen LogP contribution in [0, 0.1) is 33.5 Å². The van der Waals surface area contributed by atoms with Crippen molar-refractivity contribution in [2.75, 3.05) is 0 Å². The molecular weight excluding hydrogens is 330 g/mol. The number of allylic oxidation sites excluding steroid dienone is 3. The van der Waals surface area contributed by atoms with Gasteiger partial charge in [0, 0.05) is 29.6 Å². The Balaban J connectivity index is 2.21. The maximum Gasteiger partial charge on any atom is 0.302 e. The third-order valence-electron chi connectivity index (χ3n) is 6.85. The van der Waals surface area contributed by atoms with Crippen molar-refractivity contribution in [1.29, 1.82) is 5.26 Å². The predicted molar refractivity (Wildman–Crippen MR) is 94.7 cm³/mol. The highest BCUT2D eigenvalue weighted by atomic mass is 16.5. The average Bonchev–Trinajstić information content (AvgIpc) is 2.53. The van der Waals surface area contributed by atoms with Gasteiger partial charge in [0.05, 0.1) is 5.57 Å². The summed E-state index contributed by atoms with van der Waals surface area (Å²) in [5, 5.41) is 9.49. The average molecular weight is 355 g/mol. The number of fused-ring (bicyclic) bond motifs is 3. The highest BCUT2D eigenvalue weighted by Crippen LogP contribution is 2.64. The van der Waals surface area contributed by atoms with Crippen LogP contribution in [0.1, 0.15) is 53.9 Å². The molecule has 4 atom stereocenters. The van der Waals surface area contributed by atoms with E-state index in [0.717, 1.165) is 18.4 Å². The molecule has 0 aromatic rings. The molecule has 26 heavy (non-hydrogen) atoms. The summed E-state index contributed by atoms with van der Waals surface area (Å²) in [6, 6.07) is 2.04. The number of carbonyl (C=O) groups is 3. The SMILES string of the molecule is CC(=O)O[C@@H]1CC(=O)C=C2C3(C)C=C(C#N)C(=O)C(C)(C)[C@@H]3CCC21C. The fraction of sp³-hybridized carbons (Fsp3) is 0.619. The number of ether oxygens (including phenoxy) is 1. The summed E-state index contributed by atoms with van der Waals surface area (Å²) >= 11 is 0. The molecule has 0 spiro atoms. The first kappa shape index (κ1) is 18.6. The summed E-state index contributed by atoms with van der Waals surface area (Å²) < 4.78 is 5.53. The monoisotopic (exact) mass is 355 g/mol. The first-order chi connectivity index (χ1) is 12.0. The van der Waals surface area contributed by atoms with Gasteiger partial charge >= 0.3 is 5.97 Å². The zero-order chi connectivity index (χ0) is 19.5. The summed E-state index contributed by atoms with van der Waals surface area (Å²) in [6.07, 6.45) is 4.59. The summed E-state index contributed by atoms with van der Waals surface area (Å²) in [4.78, 5) is 36.8. The van der Waals surface area contributed by atoms with Gasteiger partial charge in [-0.25, -0.2) is 0 Å². The fourth-order valence-corrected chi connectivity index (χ4v) is 5.58. The molecule has 0 radical (unpaired) electrons. The van der Waals surface area contributed by atoms with Crippen molar-refractivity contribution in [2.45, 2.75) is 60.0 Å². The molecule has 0 N–H and O–H groups in total. The lowest BCUT2D eigenvalue weighted by atomic mass is 9.44. The van der Waals surface area contributed by atoms with E-state index < -0.39 is 28.3 Å². The number of nitriles is 1. The molecule has 3 aliphatic rings. The van der Waals surface area contributed by atoms with Gasteiger partial charge in [0.15, 0.2) is 11.6 Å². The van der Waals surface area contributed by atoms with E-state index in [9.17, 15) is 19.6 Å². The van der Waals surface area contributed by atoms with Crippen molar-refractivity contribution in [3.05, 3.63) is 23.3 Å². The van der Waals surface area contributed by atoms with Crippen LogP contribution in [0.3, 0.4) is 0 Å². The second-order valence-electron chi connectivity index (χ2n) is 8.84. The van der Waals surface area contributed by atoms with Crippen molar-refractivity contribution in [2.24, 2.45) is 22.2 Å². The van der Waals surface area contributed by atoms with Crippen LogP contribution in [-0.4, -0.2) is 23.6 Å². The zero-order valence-electron chi connectivity index (χ0n) is 16.0. The normalized spacial score (nSPS) is 38.3. The number of rotatable bonds is 1. The Morgan fingerprint density at radius 3 is 2.50 bits per heavy atom. The number of hydrogen-bond donors (Lipinski definition) is 0. The minimum absolute atomic E-state index is 0.0113. The maximum atomic E-state index is 12.7. The van der Waals surface area contributed by atoms with Gasteiger partial charge in [-0.15, -0.1) is 0 Å². The maximum absolute atomic E-state index is 12.7. The Bertz CT molecular complexity index is 812. The molecule has 0 saturated heterocycles. The Morgan fingerprint density at radius 1 is 1.27 bits per heavy atom. The first-order valence-electron chi connectivity index (χ1n) is 9.07. The molecule has 138 valence electrons. The lowest BCUT2D eigenvalue weighted by molar-refractivity contribution is -0.157. The van der Waals surface area contributed by atoms with Crippen LogP contribution in [0.4, 0.5) is 0 Å². The molecular formula is C21H25NO4. The fourth-order valence-electron chi connectivity index (χ4n) is 5.58. The summed E-state index contributed by atoms with van der Waals surface area (Å²) in [6.45, 7) is 9.18. The van der Waals surface area contributed by atoms with E-state index >= 15 is 0 Å². The van der Waals surface area contributed by atoms with Gasteiger partial charge in [-0.3, -0.25) is 14.4 Å². The van der Waals surface area contributed by atoms with Gasteiger partial charge in [0.1, 0.15) is 12.2 Å². The van der Waals surface area contributed by atoms with E-state index in [2.05, 4.69) is 0 Å². The van der Waals surface area contributed by atoms with Gasteiger partial charge < -0.3 is 4.74 Å². The van der Waals surface area contributed by atoms with E-state index in [0.29, 0.717) is 0 Å². The molecule has 0 aromatic carbocycles. The molecule has 3 rings (SSSR count).